The van der Waals surface area contributed by atoms with Crippen molar-refractivity contribution in [2.75, 3.05) is 7.11 Å². The molecule has 1 aromatic carbocycles. The molecule has 0 bridgehead atoms. The Morgan fingerprint density at radius 3 is 2.60 bits per heavy atom. The van der Waals surface area contributed by atoms with E-state index >= 15 is 0 Å². The number of rotatable bonds is 2. The molecule has 2 heteroatoms. The second kappa shape index (κ2) is 3.23. The molecular formula is C13H13NO. The average Bonchev–Trinajstić information content (AvgIpc) is 3.11. The highest BCUT2D eigenvalue weighted by molar-refractivity contribution is 5.90. The summed E-state index contributed by atoms with van der Waals surface area (Å²) in [5, 5.41) is 2.43. The largest absolute Gasteiger partial charge is 0.481 e. The number of fused-ring (bicyclic) bond motifs is 1. The van der Waals surface area contributed by atoms with E-state index in [-0.39, 0.29) is 0 Å². The van der Waals surface area contributed by atoms with Crippen LogP contribution in [0.1, 0.15) is 24.3 Å². The van der Waals surface area contributed by atoms with Gasteiger partial charge in [-0.2, -0.15) is 0 Å². The molecule has 2 nitrogen and oxygen atoms in total. The predicted molar refractivity (Wildman–Crippen MR) is 60.3 cm³/mol. The van der Waals surface area contributed by atoms with Crippen molar-refractivity contribution >= 4 is 10.8 Å². The third kappa shape index (κ3) is 1.37. The Morgan fingerprint density at radius 1 is 1.20 bits per heavy atom. The van der Waals surface area contributed by atoms with Gasteiger partial charge in [0.15, 0.2) is 0 Å². The Hall–Kier alpha value is -1.57. The zero-order chi connectivity index (χ0) is 10.3. The average molecular weight is 199 g/mol. The molecule has 2 aromatic rings. The Morgan fingerprint density at radius 2 is 1.93 bits per heavy atom. The van der Waals surface area contributed by atoms with Gasteiger partial charge < -0.3 is 4.74 Å². The summed E-state index contributed by atoms with van der Waals surface area (Å²) in [5.41, 5.74) is 1.38. The number of ether oxygens (including phenoxy) is 1. The van der Waals surface area contributed by atoms with Gasteiger partial charge in [0.2, 0.25) is 5.88 Å². The maximum absolute atomic E-state index is 5.27. The molecule has 0 atom stereocenters. The summed E-state index contributed by atoms with van der Waals surface area (Å²) in [6.07, 6.45) is 4.58. The second-order valence-corrected chi connectivity index (χ2v) is 4.04. The predicted octanol–water partition coefficient (Wildman–Crippen LogP) is 3.12. The van der Waals surface area contributed by atoms with Crippen LogP contribution in [0.2, 0.25) is 0 Å². The zero-order valence-electron chi connectivity index (χ0n) is 8.73. The second-order valence-electron chi connectivity index (χ2n) is 4.04. The van der Waals surface area contributed by atoms with Gasteiger partial charge in [-0.15, -0.1) is 0 Å². The first kappa shape index (κ1) is 8.72. The number of hydrogen-bond donors (Lipinski definition) is 0. The van der Waals surface area contributed by atoms with E-state index < -0.39 is 0 Å². The molecule has 0 N–H and O–H groups in total. The van der Waals surface area contributed by atoms with Crippen LogP contribution in [0.25, 0.3) is 10.8 Å². The third-order valence-electron chi connectivity index (χ3n) is 3.00. The van der Waals surface area contributed by atoms with Crippen LogP contribution < -0.4 is 4.74 Å². The van der Waals surface area contributed by atoms with Gasteiger partial charge in [0.25, 0.3) is 0 Å². The van der Waals surface area contributed by atoms with Crippen LogP contribution in [-0.4, -0.2) is 12.1 Å². The molecule has 0 saturated heterocycles. The maximum atomic E-state index is 5.27. The van der Waals surface area contributed by atoms with E-state index in [2.05, 4.69) is 23.2 Å². The highest BCUT2D eigenvalue weighted by Gasteiger charge is 2.26. The smallest absolute Gasteiger partial charge is 0.221 e. The number of benzene rings is 1. The summed E-state index contributed by atoms with van der Waals surface area (Å²) in [7, 11) is 1.67. The van der Waals surface area contributed by atoms with Crippen molar-refractivity contribution in [2.24, 2.45) is 0 Å². The van der Waals surface area contributed by atoms with Gasteiger partial charge in [-0.25, -0.2) is 4.98 Å². The van der Waals surface area contributed by atoms with Crippen LogP contribution in [0.3, 0.4) is 0 Å². The summed E-state index contributed by atoms with van der Waals surface area (Å²) in [6, 6.07) is 8.34. The number of pyridine rings is 1. The van der Waals surface area contributed by atoms with E-state index in [0.717, 1.165) is 17.2 Å². The lowest BCUT2D eigenvalue weighted by molar-refractivity contribution is 0.403. The molecule has 1 aliphatic carbocycles. The monoisotopic (exact) mass is 199 g/mol. The minimum absolute atomic E-state index is 0.730. The summed E-state index contributed by atoms with van der Waals surface area (Å²) >= 11 is 0. The summed E-state index contributed by atoms with van der Waals surface area (Å²) in [6.45, 7) is 0. The van der Waals surface area contributed by atoms with E-state index in [1.165, 1.54) is 23.8 Å². The van der Waals surface area contributed by atoms with E-state index in [9.17, 15) is 0 Å². The standard InChI is InChI=1S/C13H13NO/c1-15-13-11-5-3-2-4-10(11)12(8-14-13)9-6-7-9/h2-5,8-9H,6-7H2,1H3. The van der Waals surface area contributed by atoms with E-state index in [0.29, 0.717) is 0 Å². The molecule has 1 heterocycles. The molecule has 0 amide bonds. The van der Waals surface area contributed by atoms with Crippen molar-refractivity contribution < 1.29 is 4.74 Å². The molecular weight excluding hydrogens is 186 g/mol. The summed E-state index contributed by atoms with van der Waals surface area (Å²) in [5.74, 6) is 1.46. The minimum Gasteiger partial charge on any atom is -0.481 e. The van der Waals surface area contributed by atoms with Crippen LogP contribution in [-0.2, 0) is 0 Å². The lowest BCUT2D eigenvalue weighted by atomic mass is 10.0. The van der Waals surface area contributed by atoms with Crippen molar-refractivity contribution in [2.45, 2.75) is 18.8 Å². The van der Waals surface area contributed by atoms with Crippen LogP contribution in [0.5, 0.6) is 5.88 Å². The SMILES string of the molecule is COc1ncc(C2CC2)c2ccccc12. The summed E-state index contributed by atoms with van der Waals surface area (Å²) < 4.78 is 5.27. The first-order valence-electron chi connectivity index (χ1n) is 5.32. The topological polar surface area (TPSA) is 22.1 Å². The normalized spacial score (nSPS) is 15.5. The highest BCUT2D eigenvalue weighted by atomic mass is 16.5. The number of aromatic nitrogens is 1. The molecule has 1 fully saturated rings. The minimum atomic E-state index is 0.730. The van der Waals surface area contributed by atoms with Gasteiger partial charge in [-0.05, 0) is 35.8 Å². The highest BCUT2D eigenvalue weighted by Crippen LogP contribution is 2.43. The molecule has 76 valence electrons. The molecule has 0 spiro atoms. The van der Waals surface area contributed by atoms with Crippen molar-refractivity contribution in [3.63, 3.8) is 0 Å². The molecule has 0 aliphatic heterocycles. The van der Waals surface area contributed by atoms with E-state index in [1.54, 1.807) is 7.11 Å². The van der Waals surface area contributed by atoms with Gasteiger partial charge in [0.05, 0.1) is 7.11 Å². The van der Waals surface area contributed by atoms with Gasteiger partial charge in [0, 0.05) is 11.6 Å². The first-order chi connectivity index (χ1) is 7.40. The first-order valence-corrected chi connectivity index (χ1v) is 5.32. The fraction of sp³-hybridized carbons (Fsp3) is 0.308. The van der Waals surface area contributed by atoms with Gasteiger partial charge >= 0.3 is 0 Å². The number of methoxy groups -OCH3 is 1. The Labute approximate surface area is 88.9 Å². The van der Waals surface area contributed by atoms with Crippen molar-refractivity contribution in [1.82, 2.24) is 4.98 Å². The van der Waals surface area contributed by atoms with Crippen molar-refractivity contribution in [3.8, 4) is 5.88 Å². The molecule has 1 saturated carbocycles. The maximum Gasteiger partial charge on any atom is 0.221 e. The Balaban J connectivity index is 2.30. The van der Waals surface area contributed by atoms with Crippen LogP contribution in [0.15, 0.2) is 30.5 Å². The fourth-order valence-electron chi connectivity index (χ4n) is 2.07. The number of nitrogens with zero attached hydrogens (tertiary/aromatic N) is 1. The molecule has 1 aliphatic rings. The molecule has 15 heavy (non-hydrogen) atoms. The lowest BCUT2D eigenvalue weighted by Crippen LogP contribution is -1.92. The van der Waals surface area contributed by atoms with Crippen molar-refractivity contribution in [1.29, 1.82) is 0 Å². The number of hydrogen-bond acceptors (Lipinski definition) is 2. The summed E-state index contributed by atoms with van der Waals surface area (Å²) in [4.78, 5) is 4.36. The van der Waals surface area contributed by atoms with Crippen LogP contribution in [0, 0.1) is 0 Å². The van der Waals surface area contributed by atoms with Gasteiger partial charge in [-0.3, -0.25) is 0 Å². The van der Waals surface area contributed by atoms with Crippen molar-refractivity contribution in [3.05, 3.63) is 36.0 Å². The lowest BCUT2D eigenvalue weighted by Gasteiger charge is -2.08. The molecule has 0 radical (unpaired) electrons. The van der Waals surface area contributed by atoms with Crippen LogP contribution >= 0.6 is 0 Å². The van der Waals surface area contributed by atoms with E-state index in [4.69, 9.17) is 4.74 Å². The Bertz CT molecular complexity index is 503. The molecule has 1 aromatic heterocycles. The van der Waals surface area contributed by atoms with Crippen LogP contribution in [0.4, 0.5) is 0 Å². The third-order valence-corrected chi connectivity index (χ3v) is 3.00. The zero-order valence-corrected chi connectivity index (χ0v) is 8.73. The molecule has 0 unspecified atom stereocenters. The molecule has 3 rings (SSSR count). The van der Waals surface area contributed by atoms with E-state index in [1.807, 2.05) is 12.3 Å². The quantitative estimate of drug-likeness (QED) is 0.741. The van der Waals surface area contributed by atoms with Gasteiger partial charge in [0.1, 0.15) is 0 Å². The Kier molecular flexibility index (Phi) is 1.88. The fourth-order valence-corrected chi connectivity index (χ4v) is 2.07. The van der Waals surface area contributed by atoms with Gasteiger partial charge in [-0.1, -0.05) is 18.2 Å².